The SMILES string of the molecule is CCN(CC)C(=O)c1ccc(C=C2Sc3ccccc3N(Cc3cccc(C)c3)C2=O)cc1. The number of nitrogens with zero attached hydrogens (tertiary/aromatic N) is 2. The van der Waals surface area contributed by atoms with E-state index in [1.807, 2.05) is 73.4 Å². The molecule has 0 saturated carbocycles. The second-order valence-electron chi connectivity index (χ2n) is 8.06. The van der Waals surface area contributed by atoms with Crippen LogP contribution in [-0.2, 0) is 11.3 Å². The summed E-state index contributed by atoms with van der Waals surface area (Å²) < 4.78 is 0. The van der Waals surface area contributed by atoms with E-state index in [1.165, 1.54) is 17.3 Å². The summed E-state index contributed by atoms with van der Waals surface area (Å²) in [6.07, 6.45) is 1.91. The van der Waals surface area contributed by atoms with E-state index < -0.39 is 0 Å². The predicted molar refractivity (Wildman–Crippen MR) is 136 cm³/mol. The minimum Gasteiger partial charge on any atom is -0.339 e. The van der Waals surface area contributed by atoms with Crippen molar-refractivity contribution in [3.05, 3.63) is 100.0 Å². The summed E-state index contributed by atoms with van der Waals surface area (Å²) >= 11 is 1.49. The summed E-state index contributed by atoms with van der Waals surface area (Å²) in [7, 11) is 0. The molecule has 0 atom stereocenters. The molecule has 1 aliphatic heterocycles. The van der Waals surface area contributed by atoms with Crippen LogP contribution in [0.1, 0.15) is 40.9 Å². The molecule has 0 radical (unpaired) electrons. The average molecular weight is 457 g/mol. The normalized spacial score (nSPS) is 14.3. The molecule has 3 aromatic carbocycles. The van der Waals surface area contributed by atoms with Gasteiger partial charge in [0.05, 0.1) is 17.1 Å². The van der Waals surface area contributed by atoms with Crippen LogP contribution in [0.4, 0.5) is 5.69 Å². The van der Waals surface area contributed by atoms with E-state index in [-0.39, 0.29) is 11.8 Å². The minimum absolute atomic E-state index is 0.0106. The number of carbonyl (C=O) groups excluding carboxylic acids is 2. The molecule has 0 aliphatic carbocycles. The lowest BCUT2D eigenvalue weighted by molar-refractivity contribution is -0.114. The summed E-state index contributed by atoms with van der Waals surface area (Å²) in [5, 5.41) is 0. The molecular formula is C28H28N2O2S. The summed E-state index contributed by atoms with van der Waals surface area (Å²) in [6.45, 7) is 7.90. The summed E-state index contributed by atoms with van der Waals surface area (Å²) in [5.41, 5.74) is 4.77. The summed E-state index contributed by atoms with van der Waals surface area (Å²) in [5.74, 6) is 0.0177. The van der Waals surface area contributed by atoms with Crippen LogP contribution in [0, 0.1) is 6.92 Å². The Labute approximate surface area is 199 Å². The molecule has 0 fully saturated rings. The van der Waals surface area contributed by atoms with Gasteiger partial charge in [-0.15, -0.1) is 0 Å². The molecule has 1 aliphatic rings. The molecule has 3 aromatic rings. The number of rotatable bonds is 6. The molecule has 1 heterocycles. The van der Waals surface area contributed by atoms with Crippen molar-refractivity contribution >= 4 is 35.3 Å². The summed E-state index contributed by atoms with van der Waals surface area (Å²) in [4.78, 5) is 31.5. The molecule has 168 valence electrons. The topological polar surface area (TPSA) is 40.6 Å². The van der Waals surface area contributed by atoms with Crippen molar-refractivity contribution in [2.75, 3.05) is 18.0 Å². The van der Waals surface area contributed by atoms with Gasteiger partial charge < -0.3 is 9.80 Å². The van der Waals surface area contributed by atoms with Gasteiger partial charge in [0.1, 0.15) is 0 Å². The van der Waals surface area contributed by atoms with Crippen molar-refractivity contribution in [3.8, 4) is 0 Å². The average Bonchev–Trinajstić information content (AvgIpc) is 2.83. The third-order valence-corrected chi connectivity index (χ3v) is 6.84. The predicted octanol–water partition coefficient (Wildman–Crippen LogP) is 6.16. The molecular weight excluding hydrogens is 428 g/mol. The van der Waals surface area contributed by atoms with Crippen LogP contribution in [0.2, 0.25) is 0 Å². The Balaban J connectivity index is 1.63. The molecule has 0 bridgehead atoms. The van der Waals surface area contributed by atoms with Crippen molar-refractivity contribution < 1.29 is 9.59 Å². The number of anilines is 1. The molecule has 4 nitrogen and oxygen atoms in total. The first-order chi connectivity index (χ1) is 16.0. The van der Waals surface area contributed by atoms with E-state index in [4.69, 9.17) is 0 Å². The first-order valence-corrected chi connectivity index (χ1v) is 12.1. The Kier molecular flexibility index (Phi) is 6.99. The van der Waals surface area contributed by atoms with Crippen molar-refractivity contribution in [1.29, 1.82) is 0 Å². The third kappa shape index (κ3) is 5.04. The van der Waals surface area contributed by atoms with E-state index in [0.717, 1.165) is 21.7 Å². The first kappa shape index (κ1) is 22.9. The number of hydrogen-bond acceptors (Lipinski definition) is 3. The lowest BCUT2D eigenvalue weighted by Gasteiger charge is -2.30. The van der Waals surface area contributed by atoms with Gasteiger partial charge in [-0.1, -0.05) is 65.9 Å². The number of hydrogen-bond donors (Lipinski definition) is 0. The van der Waals surface area contributed by atoms with Crippen LogP contribution < -0.4 is 4.90 Å². The van der Waals surface area contributed by atoms with Crippen molar-refractivity contribution in [2.45, 2.75) is 32.2 Å². The van der Waals surface area contributed by atoms with E-state index in [1.54, 1.807) is 4.90 Å². The molecule has 0 N–H and O–H groups in total. The number of carbonyl (C=O) groups is 2. The molecule has 0 saturated heterocycles. The number of aryl methyl sites for hydroxylation is 1. The highest BCUT2D eigenvalue weighted by Gasteiger charge is 2.29. The van der Waals surface area contributed by atoms with Crippen LogP contribution in [0.15, 0.2) is 82.6 Å². The Hall–Kier alpha value is -3.31. The van der Waals surface area contributed by atoms with Gasteiger partial charge in [0.25, 0.3) is 11.8 Å². The number of amides is 2. The van der Waals surface area contributed by atoms with Gasteiger partial charge in [-0.3, -0.25) is 9.59 Å². The maximum absolute atomic E-state index is 13.5. The van der Waals surface area contributed by atoms with Gasteiger partial charge in [-0.2, -0.15) is 0 Å². The van der Waals surface area contributed by atoms with Crippen LogP contribution in [0.5, 0.6) is 0 Å². The Morgan fingerprint density at radius 1 is 0.970 bits per heavy atom. The number of fused-ring (bicyclic) bond motifs is 1. The number of para-hydroxylation sites is 1. The van der Waals surface area contributed by atoms with Gasteiger partial charge in [0, 0.05) is 23.5 Å². The van der Waals surface area contributed by atoms with E-state index in [9.17, 15) is 9.59 Å². The Morgan fingerprint density at radius 2 is 1.70 bits per heavy atom. The molecule has 4 rings (SSSR count). The van der Waals surface area contributed by atoms with Crippen LogP contribution in [0.3, 0.4) is 0 Å². The fraction of sp³-hybridized carbons (Fsp3) is 0.214. The van der Waals surface area contributed by atoms with Gasteiger partial charge in [0.15, 0.2) is 0 Å². The van der Waals surface area contributed by atoms with E-state index in [2.05, 4.69) is 31.2 Å². The van der Waals surface area contributed by atoms with Gasteiger partial charge in [-0.05, 0) is 62.2 Å². The Morgan fingerprint density at radius 3 is 2.39 bits per heavy atom. The highest BCUT2D eigenvalue weighted by molar-refractivity contribution is 8.04. The maximum Gasteiger partial charge on any atom is 0.265 e. The highest BCUT2D eigenvalue weighted by Crippen LogP contribution is 2.42. The number of thioether (sulfide) groups is 1. The van der Waals surface area contributed by atoms with E-state index in [0.29, 0.717) is 30.1 Å². The second-order valence-corrected chi connectivity index (χ2v) is 9.14. The summed E-state index contributed by atoms with van der Waals surface area (Å²) in [6, 6.07) is 23.8. The van der Waals surface area contributed by atoms with E-state index >= 15 is 0 Å². The molecule has 5 heteroatoms. The molecule has 0 unspecified atom stereocenters. The lowest BCUT2D eigenvalue weighted by Crippen LogP contribution is -2.33. The molecule has 33 heavy (non-hydrogen) atoms. The zero-order chi connectivity index (χ0) is 23.4. The van der Waals surface area contributed by atoms with Crippen LogP contribution in [0.25, 0.3) is 6.08 Å². The van der Waals surface area contributed by atoms with Gasteiger partial charge in [-0.25, -0.2) is 0 Å². The zero-order valence-corrected chi connectivity index (χ0v) is 20.1. The Bertz CT molecular complexity index is 1200. The quantitative estimate of drug-likeness (QED) is 0.417. The highest BCUT2D eigenvalue weighted by atomic mass is 32.2. The minimum atomic E-state index is -0.0106. The molecule has 0 aromatic heterocycles. The fourth-order valence-electron chi connectivity index (χ4n) is 3.98. The zero-order valence-electron chi connectivity index (χ0n) is 19.2. The lowest BCUT2D eigenvalue weighted by atomic mass is 10.1. The van der Waals surface area contributed by atoms with Crippen LogP contribution in [-0.4, -0.2) is 29.8 Å². The fourth-order valence-corrected chi connectivity index (χ4v) is 5.04. The van der Waals surface area contributed by atoms with Crippen LogP contribution >= 0.6 is 11.8 Å². The third-order valence-electron chi connectivity index (χ3n) is 5.76. The maximum atomic E-state index is 13.5. The molecule has 2 amide bonds. The smallest absolute Gasteiger partial charge is 0.265 e. The molecule has 0 spiro atoms. The van der Waals surface area contributed by atoms with Crippen molar-refractivity contribution in [2.24, 2.45) is 0 Å². The first-order valence-electron chi connectivity index (χ1n) is 11.3. The largest absolute Gasteiger partial charge is 0.339 e. The van der Waals surface area contributed by atoms with Crippen molar-refractivity contribution in [1.82, 2.24) is 4.90 Å². The van der Waals surface area contributed by atoms with Gasteiger partial charge in [0.2, 0.25) is 0 Å². The monoisotopic (exact) mass is 456 g/mol. The van der Waals surface area contributed by atoms with Crippen molar-refractivity contribution in [3.63, 3.8) is 0 Å². The number of benzene rings is 3. The standard InChI is InChI=1S/C28H28N2O2S/c1-4-29(5-2)27(31)23-15-13-21(14-16-23)18-26-28(32)30(19-22-10-8-9-20(3)17-22)24-11-6-7-12-25(24)33-26/h6-18H,4-5,19H2,1-3H3. The van der Waals surface area contributed by atoms with Gasteiger partial charge >= 0.3 is 0 Å². The second kappa shape index (κ2) is 10.1.